The number of benzene rings is 1. The van der Waals surface area contributed by atoms with Crippen LogP contribution in [-0.2, 0) is 14.6 Å². The molecule has 1 heterocycles. The van der Waals surface area contributed by atoms with Crippen LogP contribution in [0.2, 0.25) is 0 Å². The monoisotopic (exact) mass is 285 g/mol. The van der Waals surface area contributed by atoms with E-state index in [1.54, 1.807) is 18.2 Å². The van der Waals surface area contributed by atoms with E-state index in [1.165, 1.54) is 6.92 Å². The number of hydrogen-bond donors (Lipinski definition) is 2. The van der Waals surface area contributed by atoms with Crippen molar-refractivity contribution < 1.29 is 13.2 Å². The highest BCUT2D eigenvalue weighted by molar-refractivity contribution is 7.94. The molecule has 0 radical (unpaired) electrons. The summed E-state index contributed by atoms with van der Waals surface area (Å²) in [5, 5.41) is -1.30. The number of nitrogens with zero attached hydrogens (tertiary/aromatic N) is 1. The van der Waals surface area contributed by atoms with Gasteiger partial charge in [0.05, 0.1) is 10.2 Å². The van der Waals surface area contributed by atoms with Crippen molar-refractivity contribution in [2.45, 2.75) is 16.5 Å². The summed E-state index contributed by atoms with van der Waals surface area (Å²) < 4.78 is 24.6. The predicted molar refractivity (Wildman–Crippen MR) is 69.9 cm³/mol. The lowest BCUT2D eigenvalue weighted by atomic mass is 10.3. The zero-order chi connectivity index (χ0) is 13.5. The average molecular weight is 285 g/mol. The van der Waals surface area contributed by atoms with Crippen LogP contribution in [0, 0.1) is 0 Å². The molecule has 1 amide bonds. The molecule has 96 valence electrons. The first kappa shape index (κ1) is 12.8. The molecule has 0 spiro atoms. The minimum absolute atomic E-state index is 0.116. The van der Waals surface area contributed by atoms with E-state index >= 15 is 0 Å². The van der Waals surface area contributed by atoms with Crippen LogP contribution in [0.15, 0.2) is 22.5 Å². The number of carbonyl (C=O) groups excluding carboxylic acids is 1. The number of hydrogen-bond acceptors (Lipinski definition) is 6. The molecule has 0 saturated heterocycles. The Morgan fingerprint density at radius 2 is 2.11 bits per heavy atom. The second kappa shape index (κ2) is 4.21. The van der Waals surface area contributed by atoms with Gasteiger partial charge in [-0.15, -0.1) is 11.3 Å². The molecule has 0 aliphatic carbocycles. The summed E-state index contributed by atoms with van der Waals surface area (Å²) in [6.45, 7) is 1.25. The maximum Gasteiger partial charge on any atom is 0.235 e. The fourth-order valence-corrected chi connectivity index (χ4v) is 4.09. The Labute approximate surface area is 108 Å². The Balaban J connectivity index is 2.58. The molecule has 1 unspecified atom stereocenters. The van der Waals surface area contributed by atoms with Crippen molar-refractivity contribution in [2.75, 3.05) is 5.73 Å². The third-order valence-corrected chi connectivity index (χ3v) is 6.00. The van der Waals surface area contributed by atoms with Crippen molar-refractivity contribution >= 4 is 43.0 Å². The van der Waals surface area contributed by atoms with E-state index in [4.69, 9.17) is 11.5 Å². The van der Waals surface area contributed by atoms with Gasteiger partial charge in [0, 0.05) is 5.69 Å². The highest BCUT2D eigenvalue weighted by Crippen LogP contribution is 2.29. The topological polar surface area (TPSA) is 116 Å². The highest BCUT2D eigenvalue weighted by Gasteiger charge is 2.31. The Morgan fingerprint density at radius 3 is 2.72 bits per heavy atom. The van der Waals surface area contributed by atoms with Crippen LogP contribution in [0.5, 0.6) is 0 Å². The van der Waals surface area contributed by atoms with Crippen molar-refractivity contribution in [3.8, 4) is 0 Å². The molecule has 1 aromatic heterocycles. The van der Waals surface area contributed by atoms with E-state index in [9.17, 15) is 13.2 Å². The lowest BCUT2D eigenvalue weighted by molar-refractivity contribution is -0.117. The average Bonchev–Trinajstić information content (AvgIpc) is 2.71. The Morgan fingerprint density at radius 1 is 1.44 bits per heavy atom. The van der Waals surface area contributed by atoms with Gasteiger partial charge in [-0.3, -0.25) is 4.79 Å². The third-order valence-electron chi connectivity index (χ3n) is 2.50. The third kappa shape index (κ3) is 2.04. The molecule has 0 aliphatic heterocycles. The molecule has 1 atom stereocenters. The van der Waals surface area contributed by atoms with Crippen LogP contribution in [0.3, 0.4) is 0 Å². The fraction of sp³-hybridized carbons (Fsp3) is 0.200. The number of aromatic nitrogens is 1. The summed E-state index contributed by atoms with van der Waals surface area (Å²) >= 11 is 0.977. The fourth-order valence-electron chi connectivity index (χ4n) is 1.35. The van der Waals surface area contributed by atoms with Crippen LogP contribution >= 0.6 is 11.3 Å². The predicted octanol–water partition coefficient (Wildman–Crippen LogP) is 0.526. The molecule has 8 heteroatoms. The number of carbonyl (C=O) groups is 1. The van der Waals surface area contributed by atoms with Crippen LogP contribution in [0.4, 0.5) is 5.69 Å². The second-order valence-electron chi connectivity index (χ2n) is 3.80. The SMILES string of the molecule is CC(C(N)=O)S(=O)(=O)c1nc2ccc(N)cc2s1. The summed E-state index contributed by atoms with van der Waals surface area (Å²) in [5.41, 5.74) is 11.7. The number of nitrogen functional groups attached to an aromatic ring is 1. The van der Waals surface area contributed by atoms with Crippen LogP contribution in [-0.4, -0.2) is 24.6 Å². The van der Waals surface area contributed by atoms with Gasteiger partial charge in [-0.05, 0) is 25.1 Å². The van der Waals surface area contributed by atoms with Crippen molar-refractivity contribution in [2.24, 2.45) is 5.73 Å². The van der Waals surface area contributed by atoms with Gasteiger partial charge in [0.15, 0.2) is 0 Å². The number of anilines is 1. The number of sulfone groups is 1. The van der Waals surface area contributed by atoms with E-state index < -0.39 is 21.0 Å². The van der Waals surface area contributed by atoms with Gasteiger partial charge in [-0.25, -0.2) is 13.4 Å². The number of rotatable bonds is 3. The standard InChI is InChI=1S/C10H11N3O3S2/c1-5(9(12)14)18(15,16)10-13-7-3-2-6(11)4-8(7)17-10/h2-5H,11H2,1H3,(H2,12,14). The van der Waals surface area contributed by atoms with Gasteiger partial charge >= 0.3 is 0 Å². The highest BCUT2D eigenvalue weighted by atomic mass is 32.2. The quantitative estimate of drug-likeness (QED) is 0.798. The maximum atomic E-state index is 12.0. The van der Waals surface area contributed by atoms with Crippen molar-refractivity contribution in [1.82, 2.24) is 4.98 Å². The number of amides is 1. The molecule has 6 nitrogen and oxygen atoms in total. The largest absolute Gasteiger partial charge is 0.399 e. The van der Waals surface area contributed by atoms with E-state index in [-0.39, 0.29) is 4.34 Å². The van der Waals surface area contributed by atoms with Gasteiger partial charge in [-0.1, -0.05) is 0 Å². The number of nitrogens with two attached hydrogens (primary N) is 2. The lowest BCUT2D eigenvalue weighted by Crippen LogP contribution is -2.33. The number of primary amides is 1. The second-order valence-corrected chi connectivity index (χ2v) is 7.27. The molecule has 0 bridgehead atoms. The first-order chi connectivity index (χ1) is 8.32. The van der Waals surface area contributed by atoms with Gasteiger partial charge in [0.2, 0.25) is 20.1 Å². The van der Waals surface area contributed by atoms with Crippen molar-refractivity contribution in [3.05, 3.63) is 18.2 Å². The van der Waals surface area contributed by atoms with Gasteiger partial charge < -0.3 is 11.5 Å². The lowest BCUT2D eigenvalue weighted by Gasteiger charge is -2.05. The normalized spacial score (nSPS) is 13.6. The smallest absolute Gasteiger partial charge is 0.235 e. The summed E-state index contributed by atoms with van der Waals surface area (Å²) in [5.74, 6) is -0.895. The maximum absolute atomic E-state index is 12.0. The summed E-state index contributed by atoms with van der Waals surface area (Å²) in [6, 6.07) is 4.91. The molecule has 4 N–H and O–H groups in total. The van der Waals surface area contributed by atoms with Crippen LogP contribution in [0.1, 0.15) is 6.92 Å². The summed E-state index contributed by atoms with van der Waals surface area (Å²) in [6.07, 6.45) is 0. The number of fused-ring (bicyclic) bond motifs is 1. The minimum atomic E-state index is -3.82. The first-order valence-electron chi connectivity index (χ1n) is 5.01. The molecule has 18 heavy (non-hydrogen) atoms. The first-order valence-corrected chi connectivity index (χ1v) is 7.38. The van der Waals surface area contributed by atoms with Gasteiger partial charge in [0.25, 0.3) is 0 Å². The molecular formula is C10H11N3O3S2. The minimum Gasteiger partial charge on any atom is -0.399 e. The Hall–Kier alpha value is -1.67. The van der Waals surface area contributed by atoms with E-state index in [0.29, 0.717) is 15.9 Å². The van der Waals surface area contributed by atoms with E-state index in [1.807, 2.05) is 0 Å². The van der Waals surface area contributed by atoms with Gasteiger partial charge in [0.1, 0.15) is 5.25 Å². The van der Waals surface area contributed by atoms with Gasteiger partial charge in [-0.2, -0.15) is 0 Å². The molecule has 0 saturated carbocycles. The van der Waals surface area contributed by atoms with Crippen LogP contribution < -0.4 is 11.5 Å². The van der Waals surface area contributed by atoms with Crippen molar-refractivity contribution in [1.29, 1.82) is 0 Å². The Bertz CT molecular complexity index is 721. The molecule has 2 aromatic rings. The zero-order valence-corrected chi connectivity index (χ0v) is 11.1. The summed E-state index contributed by atoms with van der Waals surface area (Å²) in [4.78, 5) is 15.0. The molecule has 0 fully saturated rings. The van der Waals surface area contributed by atoms with Crippen molar-refractivity contribution in [3.63, 3.8) is 0 Å². The molecule has 2 rings (SSSR count). The van der Waals surface area contributed by atoms with E-state index in [2.05, 4.69) is 4.98 Å². The number of thiazole rings is 1. The molecule has 1 aromatic carbocycles. The Kier molecular flexibility index (Phi) is 2.99. The van der Waals surface area contributed by atoms with Crippen LogP contribution in [0.25, 0.3) is 10.2 Å². The molecule has 0 aliphatic rings. The molecular weight excluding hydrogens is 274 g/mol. The van der Waals surface area contributed by atoms with E-state index in [0.717, 1.165) is 11.3 Å². The summed E-state index contributed by atoms with van der Waals surface area (Å²) in [7, 11) is -3.82. The zero-order valence-electron chi connectivity index (χ0n) is 9.45.